The third kappa shape index (κ3) is 2.77. The number of nitrogens with zero attached hydrogens (tertiary/aromatic N) is 2. The second-order valence-electron chi connectivity index (χ2n) is 4.33. The number of para-hydroxylation sites is 1. The van der Waals surface area contributed by atoms with Crippen molar-refractivity contribution in [3.63, 3.8) is 0 Å². The second-order valence-corrected chi connectivity index (χ2v) is 4.70. The number of hydrogen-bond acceptors (Lipinski definition) is 2. The molecule has 6 heteroatoms. The van der Waals surface area contributed by atoms with Gasteiger partial charge >= 0.3 is 0 Å². The van der Waals surface area contributed by atoms with E-state index < -0.39 is 11.6 Å². The Labute approximate surface area is 121 Å². The molecule has 0 spiro atoms. The third-order valence-corrected chi connectivity index (χ3v) is 3.53. The molecule has 0 atom stereocenters. The first-order valence-corrected chi connectivity index (χ1v) is 6.88. The lowest BCUT2D eigenvalue weighted by Crippen LogP contribution is -2.10. The zero-order chi connectivity index (χ0) is 14.7. The van der Waals surface area contributed by atoms with Crippen LogP contribution in [-0.2, 0) is 19.5 Å². The summed E-state index contributed by atoms with van der Waals surface area (Å²) in [6.07, 6.45) is 0.715. The molecule has 0 aliphatic heterocycles. The van der Waals surface area contributed by atoms with Gasteiger partial charge in [0, 0.05) is 6.54 Å². The number of aryl methyl sites for hydroxylation is 2. The van der Waals surface area contributed by atoms with Gasteiger partial charge in [0.05, 0.1) is 23.0 Å². The summed E-state index contributed by atoms with van der Waals surface area (Å²) in [6, 6.07) is 3.75. The van der Waals surface area contributed by atoms with Crippen molar-refractivity contribution in [2.75, 3.05) is 5.32 Å². The smallest absolute Gasteiger partial charge is 0.149 e. The van der Waals surface area contributed by atoms with E-state index in [2.05, 4.69) is 10.4 Å². The molecule has 20 heavy (non-hydrogen) atoms. The van der Waals surface area contributed by atoms with Crippen molar-refractivity contribution < 1.29 is 8.78 Å². The number of rotatable bonds is 5. The minimum atomic E-state index is -0.626. The van der Waals surface area contributed by atoms with Crippen LogP contribution in [0.3, 0.4) is 0 Å². The molecule has 0 bridgehead atoms. The normalized spacial score (nSPS) is 10.8. The minimum Gasteiger partial charge on any atom is -0.375 e. The summed E-state index contributed by atoms with van der Waals surface area (Å²) < 4.78 is 28.8. The van der Waals surface area contributed by atoms with E-state index in [0.29, 0.717) is 18.0 Å². The summed E-state index contributed by atoms with van der Waals surface area (Å²) in [7, 11) is 0. The molecule has 0 saturated carbocycles. The number of anilines is 1. The molecule has 0 amide bonds. The monoisotopic (exact) mass is 299 g/mol. The maximum Gasteiger partial charge on any atom is 0.149 e. The van der Waals surface area contributed by atoms with E-state index in [-0.39, 0.29) is 12.2 Å². The van der Waals surface area contributed by atoms with Crippen LogP contribution in [0.25, 0.3) is 0 Å². The van der Waals surface area contributed by atoms with Crippen LogP contribution >= 0.6 is 11.6 Å². The van der Waals surface area contributed by atoms with Crippen molar-refractivity contribution >= 4 is 17.3 Å². The average Bonchev–Trinajstić information content (AvgIpc) is 2.74. The summed E-state index contributed by atoms with van der Waals surface area (Å²) >= 11 is 6.24. The Hall–Kier alpha value is -1.62. The van der Waals surface area contributed by atoms with Crippen molar-refractivity contribution in [3.8, 4) is 0 Å². The number of halogens is 3. The van der Waals surface area contributed by atoms with Crippen LogP contribution in [0.4, 0.5) is 14.5 Å². The predicted octanol–water partition coefficient (Wildman–Crippen LogP) is 4.01. The Balaban J connectivity index is 2.25. The van der Waals surface area contributed by atoms with Gasteiger partial charge in [0.2, 0.25) is 0 Å². The van der Waals surface area contributed by atoms with Crippen LogP contribution in [0, 0.1) is 11.6 Å². The first-order valence-electron chi connectivity index (χ1n) is 6.50. The van der Waals surface area contributed by atoms with Crippen molar-refractivity contribution in [2.45, 2.75) is 33.4 Å². The molecular weight excluding hydrogens is 284 g/mol. The molecule has 3 nitrogen and oxygen atoms in total. The Morgan fingerprint density at radius 3 is 2.45 bits per heavy atom. The number of benzene rings is 1. The fourth-order valence-electron chi connectivity index (χ4n) is 2.02. The van der Waals surface area contributed by atoms with E-state index >= 15 is 0 Å². The van der Waals surface area contributed by atoms with Gasteiger partial charge in [0.25, 0.3) is 0 Å². The van der Waals surface area contributed by atoms with Crippen LogP contribution in [0.1, 0.15) is 25.2 Å². The summed E-state index contributed by atoms with van der Waals surface area (Å²) in [4.78, 5) is 0. The summed E-state index contributed by atoms with van der Waals surface area (Å²) in [5, 5.41) is 7.67. The molecule has 108 valence electrons. The number of nitrogens with one attached hydrogen (secondary N) is 1. The van der Waals surface area contributed by atoms with Crippen molar-refractivity contribution in [1.29, 1.82) is 0 Å². The highest BCUT2D eigenvalue weighted by molar-refractivity contribution is 6.31. The van der Waals surface area contributed by atoms with E-state index in [1.165, 1.54) is 18.2 Å². The molecule has 2 rings (SSSR count). The predicted molar refractivity (Wildman–Crippen MR) is 76.0 cm³/mol. The molecule has 1 aromatic heterocycles. The quantitative estimate of drug-likeness (QED) is 0.904. The van der Waals surface area contributed by atoms with Gasteiger partial charge in [-0.05, 0) is 25.5 Å². The molecule has 1 heterocycles. The van der Waals surface area contributed by atoms with Crippen molar-refractivity contribution in [3.05, 3.63) is 46.2 Å². The van der Waals surface area contributed by atoms with E-state index in [4.69, 9.17) is 11.6 Å². The highest BCUT2D eigenvalue weighted by atomic mass is 35.5. The minimum absolute atomic E-state index is 0.148. The molecule has 0 aliphatic rings. The molecule has 1 aromatic carbocycles. The zero-order valence-electron chi connectivity index (χ0n) is 11.4. The summed E-state index contributed by atoms with van der Waals surface area (Å²) in [5.41, 5.74) is 1.37. The molecular formula is C14H16ClF2N3. The molecule has 0 saturated heterocycles. The van der Waals surface area contributed by atoms with Gasteiger partial charge in [-0.15, -0.1) is 0 Å². The Morgan fingerprint density at radius 2 is 1.90 bits per heavy atom. The molecule has 0 unspecified atom stereocenters. The zero-order valence-corrected chi connectivity index (χ0v) is 12.1. The lowest BCUT2D eigenvalue weighted by atomic mass is 10.2. The van der Waals surface area contributed by atoms with E-state index in [0.717, 1.165) is 11.4 Å². The van der Waals surface area contributed by atoms with Gasteiger partial charge in [-0.25, -0.2) is 8.78 Å². The van der Waals surface area contributed by atoms with Gasteiger partial charge in [0.15, 0.2) is 0 Å². The maximum absolute atomic E-state index is 13.5. The Kier molecular flexibility index (Phi) is 4.60. The molecule has 0 aliphatic carbocycles. The molecule has 0 radical (unpaired) electrons. The van der Waals surface area contributed by atoms with Crippen LogP contribution < -0.4 is 5.32 Å². The van der Waals surface area contributed by atoms with E-state index in [1.807, 2.05) is 13.8 Å². The second kappa shape index (κ2) is 6.22. The lowest BCUT2D eigenvalue weighted by Gasteiger charge is -2.10. The van der Waals surface area contributed by atoms with E-state index in [1.54, 1.807) is 4.68 Å². The Morgan fingerprint density at radius 1 is 1.25 bits per heavy atom. The van der Waals surface area contributed by atoms with E-state index in [9.17, 15) is 8.78 Å². The first-order chi connectivity index (χ1) is 9.58. The maximum atomic E-state index is 13.5. The van der Waals surface area contributed by atoms with Gasteiger partial charge in [0.1, 0.15) is 17.3 Å². The van der Waals surface area contributed by atoms with Crippen LogP contribution in [0.5, 0.6) is 0 Å². The van der Waals surface area contributed by atoms with Crippen molar-refractivity contribution in [2.24, 2.45) is 0 Å². The molecule has 0 fully saturated rings. The topological polar surface area (TPSA) is 29.9 Å². The van der Waals surface area contributed by atoms with Crippen LogP contribution in [0.2, 0.25) is 5.02 Å². The van der Waals surface area contributed by atoms with Crippen LogP contribution in [0.15, 0.2) is 18.2 Å². The van der Waals surface area contributed by atoms with Gasteiger partial charge < -0.3 is 5.32 Å². The van der Waals surface area contributed by atoms with Gasteiger partial charge in [-0.3, -0.25) is 4.68 Å². The van der Waals surface area contributed by atoms with Gasteiger partial charge in [-0.1, -0.05) is 24.6 Å². The fraction of sp³-hybridized carbons (Fsp3) is 0.357. The fourth-order valence-corrected chi connectivity index (χ4v) is 2.36. The average molecular weight is 300 g/mol. The molecule has 2 aromatic rings. The molecule has 1 N–H and O–H groups in total. The lowest BCUT2D eigenvalue weighted by molar-refractivity contribution is 0.584. The highest BCUT2D eigenvalue weighted by Gasteiger charge is 2.15. The largest absolute Gasteiger partial charge is 0.375 e. The Bertz CT molecular complexity index is 590. The SMILES string of the molecule is CCc1nn(CC)c(CNc2c(F)cccc2F)c1Cl. The summed E-state index contributed by atoms with van der Waals surface area (Å²) in [5.74, 6) is -1.25. The number of aromatic nitrogens is 2. The standard InChI is InChI=1S/C14H16ClF2N3/c1-3-11-13(15)12(20(4-2)19-11)8-18-14-9(16)6-5-7-10(14)17/h5-7,18H,3-4,8H2,1-2H3. The highest BCUT2D eigenvalue weighted by Crippen LogP contribution is 2.24. The van der Waals surface area contributed by atoms with Crippen LogP contribution in [-0.4, -0.2) is 9.78 Å². The first kappa shape index (κ1) is 14.8. The van der Waals surface area contributed by atoms with Gasteiger partial charge in [-0.2, -0.15) is 5.10 Å². The third-order valence-electron chi connectivity index (χ3n) is 3.09. The number of hydrogen-bond donors (Lipinski definition) is 1. The van der Waals surface area contributed by atoms with Crippen molar-refractivity contribution in [1.82, 2.24) is 9.78 Å². The summed E-state index contributed by atoms with van der Waals surface area (Å²) in [6.45, 7) is 4.77.